The SMILES string of the molecule is CC(C)N(Cc1cc(Br)c(Br)s1)CC1CCCN1. The molecule has 1 fully saturated rings. The van der Waals surface area contributed by atoms with Crippen LogP contribution in [0.3, 0.4) is 0 Å². The van der Waals surface area contributed by atoms with Gasteiger partial charge in [0, 0.05) is 34.5 Å². The van der Waals surface area contributed by atoms with Crippen LogP contribution in [-0.2, 0) is 6.54 Å². The summed E-state index contributed by atoms with van der Waals surface area (Å²) >= 11 is 8.96. The largest absolute Gasteiger partial charge is 0.313 e. The minimum Gasteiger partial charge on any atom is -0.313 e. The quantitative estimate of drug-likeness (QED) is 0.802. The highest BCUT2D eigenvalue weighted by Gasteiger charge is 2.20. The Morgan fingerprint density at radius 3 is 2.78 bits per heavy atom. The lowest BCUT2D eigenvalue weighted by atomic mass is 10.2. The van der Waals surface area contributed by atoms with Gasteiger partial charge >= 0.3 is 0 Å². The van der Waals surface area contributed by atoms with E-state index in [0.29, 0.717) is 12.1 Å². The lowest BCUT2D eigenvalue weighted by Crippen LogP contribution is -2.40. The first-order valence-corrected chi connectivity index (χ1v) is 8.87. The van der Waals surface area contributed by atoms with Crippen molar-refractivity contribution in [2.45, 2.75) is 45.3 Å². The highest BCUT2D eigenvalue weighted by Crippen LogP contribution is 2.33. The summed E-state index contributed by atoms with van der Waals surface area (Å²) in [6.07, 6.45) is 2.65. The highest BCUT2D eigenvalue weighted by molar-refractivity contribution is 9.13. The zero-order chi connectivity index (χ0) is 13.1. The summed E-state index contributed by atoms with van der Waals surface area (Å²) < 4.78 is 2.37. The number of nitrogens with zero attached hydrogens (tertiary/aromatic N) is 1. The van der Waals surface area contributed by atoms with Crippen molar-refractivity contribution in [2.75, 3.05) is 13.1 Å². The predicted molar refractivity (Wildman–Crippen MR) is 86.3 cm³/mol. The molecule has 18 heavy (non-hydrogen) atoms. The van der Waals surface area contributed by atoms with Gasteiger partial charge in [0.05, 0.1) is 3.79 Å². The van der Waals surface area contributed by atoms with Crippen molar-refractivity contribution in [3.8, 4) is 0 Å². The van der Waals surface area contributed by atoms with Gasteiger partial charge in [0.2, 0.25) is 0 Å². The van der Waals surface area contributed by atoms with Crippen molar-refractivity contribution in [1.82, 2.24) is 10.2 Å². The second-order valence-electron chi connectivity index (χ2n) is 5.15. The molecular weight excluding hydrogens is 376 g/mol. The summed E-state index contributed by atoms with van der Waals surface area (Å²) in [6.45, 7) is 7.96. The Balaban J connectivity index is 1.96. The van der Waals surface area contributed by atoms with Crippen LogP contribution in [0.4, 0.5) is 0 Å². The third-order valence-corrected chi connectivity index (χ3v) is 6.64. The standard InChI is InChI=1S/C13H20Br2N2S/c1-9(2)17(7-10-4-3-5-16-10)8-11-6-12(14)13(15)18-11/h6,9-10,16H,3-5,7-8H2,1-2H3. The minimum absolute atomic E-state index is 0.590. The molecule has 1 unspecified atom stereocenters. The van der Waals surface area contributed by atoms with Crippen LogP contribution in [-0.4, -0.2) is 30.1 Å². The zero-order valence-corrected chi connectivity index (χ0v) is 14.9. The molecule has 0 radical (unpaired) electrons. The van der Waals surface area contributed by atoms with E-state index in [0.717, 1.165) is 13.1 Å². The summed E-state index contributed by atoms with van der Waals surface area (Å²) in [6, 6.07) is 3.50. The van der Waals surface area contributed by atoms with Crippen molar-refractivity contribution in [3.05, 3.63) is 19.2 Å². The molecule has 1 aliphatic rings. The third kappa shape index (κ3) is 4.04. The lowest BCUT2D eigenvalue weighted by Gasteiger charge is -2.28. The van der Waals surface area contributed by atoms with Gasteiger partial charge < -0.3 is 5.32 Å². The highest BCUT2D eigenvalue weighted by atomic mass is 79.9. The van der Waals surface area contributed by atoms with E-state index in [1.807, 2.05) is 11.3 Å². The van der Waals surface area contributed by atoms with Gasteiger partial charge in [-0.3, -0.25) is 4.90 Å². The van der Waals surface area contributed by atoms with Gasteiger partial charge in [0.1, 0.15) is 0 Å². The maximum Gasteiger partial charge on any atom is 0.0843 e. The molecule has 2 heterocycles. The molecule has 2 nitrogen and oxygen atoms in total. The van der Waals surface area contributed by atoms with Crippen molar-refractivity contribution < 1.29 is 0 Å². The average Bonchev–Trinajstić information content (AvgIpc) is 2.89. The number of rotatable bonds is 5. The second-order valence-corrected chi connectivity index (χ2v) is 8.46. The fraction of sp³-hybridized carbons (Fsp3) is 0.692. The molecule has 1 atom stereocenters. The molecule has 0 saturated carbocycles. The molecule has 1 aromatic rings. The average molecular weight is 396 g/mol. The van der Waals surface area contributed by atoms with Crippen molar-refractivity contribution in [3.63, 3.8) is 0 Å². The van der Waals surface area contributed by atoms with Crippen LogP contribution in [0.15, 0.2) is 14.3 Å². The van der Waals surface area contributed by atoms with E-state index in [1.54, 1.807) is 0 Å². The molecule has 1 aromatic heterocycles. The summed E-state index contributed by atoms with van der Waals surface area (Å²) in [5.41, 5.74) is 0. The summed E-state index contributed by atoms with van der Waals surface area (Å²) in [5, 5.41) is 3.59. The Bertz CT molecular complexity index is 367. The minimum atomic E-state index is 0.590. The molecular formula is C13H20Br2N2S. The molecule has 0 bridgehead atoms. The van der Waals surface area contributed by atoms with Crippen molar-refractivity contribution in [2.24, 2.45) is 0 Å². The van der Waals surface area contributed by atoms with Gasteiger partial charge in [-0.2, -0.15) is 0 Å². The van der Waals surface area contributed by atoms with Crippen molar-refractivity contribution >= 4 is 43.2 Å². The van der Waals surface area contributed by atoms with Crippen LogP contribution in [0.25, 0.3) is 0 Å². The Labute approximate surface area is 130 Å². The van der Waals surface area contributed by atoms with Gasteiger partial charge in [0.15, 0.2) is 0 Å². The van der Waals surface area contributed by atoms with E-state index in [-0.39, 0.29) is 0 Å². The summed E-state index contributed by atoms with van der Waals surface area (Å²) in [7, 11) is 0. The fourth-order valence-electron chi connectivity index (χ4n) is 2.32. The molecule has 0 aliphatic carbocycles. The molecule has 1 N–H and O–H groups in total. The molecule has 1 aliphatic heterocycles. The van der Waals surface area contributed by atoms with Crippen molar-refractivity contribution in [1.29, 1.82) is 0 Å². The summed E-state index contributed by atoms with van der Waals surface area (Å²) in [4.78, 5) is 3.98. The Kier molecular flexibility index (Phi) is 5.69. The van der Waals surface area contributed by atoms with Crippen LogP contribution < -0.4 is 5.32 Å². The van der Waals surface area contributed by atoms with Gasteiger partial charge in [-0.1, -0.05) is 0 Å². The van der Waals surface area contributed by atoms with Crippen LogP contribution >= 0.6 is 43.2 Å². The van der Waals surface area contributed by atoms with Gasteiger partial charge in [-0.15, -0.1) is 11.3 Å². The number of nitrogens with one attached hydrogen (secondary N) is 1. The van der Waals surface area contributed by atoms with Crippen LogP contribution in [0, 0.1) is 0 Å². The van der Waals surface area contributed by atoms with Gasteiger partial charge in [0.25, 0.3) is 0 Å². The molecule has 0 aromatic carbocycles. The number of hydrogen-bond donors (Lipinski definition) is 1. The first kappa shape index (κ1) is 15.0. The van der Waals surface area contributed by atoms with E-state index in [4.69, 9.17) is 0 Å². The maximum absolute atomic E-state index is 3.59. The van der Waals surface area contributed by atoms with E-state index in [9.17, 15) is 0 Å². The predicted octanol–water partition coefficient (Wildman–Crippen LogP) is 4.24. The number of halogens is 2. The third-order valence-electron chi connectivity index (χ3n) is 3.40. The van der Waals surface area contributed by atoms with E-state index < -0.39 is 0 Å². The van der Waals surface area contributed by atoms with E-state index >= 15 is 0 Å². The Morgan fingerprint density at radius 2 is 2.28 bits per heavy atom. The first-order chi connectivity index (χ1) is 8.56. The molecule has 1 saturated heterocycles. The smallest absolute Gasteiger partial charge is 0.0843 e. The second kappa shape index (κ2) is 6.84. The van der Waals surface area contributed by atoms with Gasteiger partial charge in [-0.25, -0.2) is 0 Å². The lowest BCUT2D eigenvalue weighted by molar-refractivity contribution is 0.196. The summed E-state index contributed by atoms with van der Waals surface area (Å²) in [5.74, 6) is 0. The fourth-order valence-corrected chi connectivity index (χ4v) is 4.53. The maximum atomic E-state index is 3.59. The van der Waals surface area contributed by atoms with Gasteiger partial charge in [-0.05, 0) is 71.2 Å². The number of hydrogen-bond acceptors (Lipinski definition) is 3. The Hall–Kier alpha value is 0.580. The number of thiophene rings is 1. The molecule has 0 spiro atoms. The first-order valence-electron chi connectivity index (χ1n) is 6.47. The Morgan fingerprint density at radius 1 is 1.50 bits per heavy atom. The van der Waals surface area contributed by atoms with Crippen LogP contribution in [0.1, 0.15) is 31.6 Å². The molecule has 0 amide bonds. The van der Waals surface area contributed by atoms with E-state index in [2.05, 4.69) is 62.0 Å². The topological polar surface area (TPSA) is 15.3 Å². The molecule has 5 heteroatoms. The van der Waals surface area contributed by atoms with Crippen LogP contribution in [0.2, 0.25) is 0 Å². The molecule has 102 valence electrons. The zero-order valence-electron chi connectivity index (χ0n) is 10.9. The van der Waals surface area contributed by atoms with Crippen LogP contribution in [0.5, 0.6) is 0 Å². The monoisotopic (exact) mass is 394 g/mol. The normalized spacial score (nSPS) is 20.2. The molecule has 2 rings (SSSR count). The van der Waals surface area contributed by atoms with E-state index in [1.165, 1.54) is 32.5 Å².